The molecule has 0 bridgehead atoms. The minimum Gasteiger partial charge on any atom is -0.216 e. The molecule has 0 aliphatic heterocycles. The minimum atomic E-state index is -0.115. The van der Waals surface area contributed by atoms with Crippen molar-refractivity contribution in [3.63, 3.8) is 0 Å². The number of aromatic nitrogens is 3. The Morgan fingerprint density at radius 2 is 1.74 bits per heavy atom. The van der Waals surface area contributed by atoms with E-state index in [0.29, 0.717) is 20.5 Å². The summed E-state index contributed by atoms with van der Waals surface area (Å²) in [7, 11) is 0. The number of hydrogen-bond acceptors (Lipinski definition) is 2. The van der Waals surface area contributed by atoms with Crippen LogP contribution in [0.15, 0.2) is 16.7 Å². The van der Waals surface area contributed by atoms with Crippen molar-refractivity contribution >= 4 is 50.7 Å². The molecule has 0 amide bonds. The lowest BCUT2D eigenvalue weighted by Crippen LogP contribution is -2.18. The van der Waals surface area contributed by atoms with Crippen LogP contribution in [0.1, 0.15) is 26.5 Å². The quantitative estimate of drug-likeness (QED) is 0.627. The molecular formula is C12H11BrCl3N3. The highest BCUT2D eigenvalue weighted by Crippen LogP contribution is 2.32. The highest BCUT2D eigenvalue weighted by molar-refractivity contribution is 9.10. The third-order valence-electron chi connectivity index (χ3n) is 2.52. The van der Waals surface area contributed by atoms with Gasteiger partial charge in [0.2, 0.25) is 0 Å². The third kappa shape index (κ3) is 3.07. The second-order valence-corrected chi connectivity index (χ2v) is 7.07. The summed E-state index contributed by atoms with van der Waals surface area (Å²) in [5, 5.41) is 5.28. The van der Waals surface area contributed by atoms with E-state index in [0.717, 1.165) is 5.69 Å². The maximum atomic E-state index is 6.19. The van der Waals surface area contributed by atoms with Gasteiger partial charge in [0.25, 0.3) is 0 Å². The first-order valence-electron chi connectivity index (χ1n) is 5.48. The molecule has 19 heavy (non-hydrogen) atoms. The van der Waals surface area contributed by atoms with Crippen LogP contribution in [0.4, 0.5) is 0 Å². The van der Waals surface area contributed by atoms with Crippen molar-refractivity contribution in [2.75, 3.05) is 0 Å². The van der Waals surface area contributed by atoms with Crippen LogP contribution in [0.5, 0.6) is 0 Å². The van der Waals surface area contributed by atoms with Crippen molar-refractivity contribution in [1.29, 1.82) is 0 Å². The van der Waals surface area contributed by atoms with Crippen molar-refractivity contribution in [1.82, 2.24) is 14.8 Å². The van der Waals surface area contributed by atoms with E-state index >= 15 is 0 Å². The maximum absolute atomic E-state index is 6.19. The van der Waals surface area contributed by atoms with Crippen LogP contribution in [-0.4, -0.2) is 14.8 Å². The highest BCUT2D eigenvalue weighted by atomic mass is 79.9. The van der Waals surface area contributed by atoms with Gasteiger partial charge < -0.3 is 0 Å². The first-order valence-corrected chi connectivity index (χ1v) is 7.41. The zero-order valence-corrected chi connectivity index (χ0v) is 14.4. The summed E-state index contributed by atoms with van der Waals surface area (Å²) in [6, 6.07) is 3.50. The van der Waals surface area contributed by atoms with Gasteiger partial charge >= 0.3 is 0 Å². The number of rotatable bonds is 1. The molecule has 0 aromatic carbocycles. The molecule has 0 aliphatic rings. The summed E-state index contributed by atoms with van der Waals surface area (Å²) in [6.45, 7) is 6.25. The van der Waals surface area contributed by atoms with Crippen LogP contribution in [0.3, 0.4) is 0 Å². The van der Waals surface area contributed by atoms with Gasteiger partial charge in [0, 0.05) is 5.41 Å². The van der Waals surface area contributed by atoms with Gasteiger partial charge in [-0.15, -0.1) is 0 Å². The van der Waals surface area contributed by atoms with Crippen molar-refractivity contribution in [3.8, 4) is 5.82 Å². The molecule has 0 fully saturated rings. The summed E-state index contributed by atoms with van der Waals surface area (Å²) >= 11 is 21.4. The van der Waals surface area contributed by atoms with Crippen molar-refractivity contribution < 1.29 is 0 Å². The largest absolute Gasteiger partial charge is 0.216 e. The molecule has 2 aromatic rings. The van der Waals surface area contributed by atoms with Crippen LogP contribution in [0.2, 0.25) is 15.2 Å². The Hall–Kier alpha value is -0.290. The second-order valence-electron chi connectivity index (χ2n) is 5.08. The molecule has 7 heteroatoms. The van der Waals surface area contributed by atoms with Gasteiger partial charge in [0.15, 0.2) is 5.82 Å². The van der Waals surface area contributed by atoms with Crippen molar-refractivity contribution in [3.05, 3.63) is 37.6 Å². The van der Waals surface area contributed by atoms with E-state index < -0.39 is 0 Å². The van der Waals surface area contributed by atoms with Crippen LogP contribution in [-0.2, 0) is 5.41 Å². The monoisotopic (exact) mass is 381 g/mol. The Morgan fingerprint density at radius 3 is 2.32 bits per heavy atom. The second kappa shape index (κ2) is 5.24. The normalized spacial score (nSPS) is 11.9. The molecule has 0 unspecified atom stereocenters. The molecule has 0 spiro atoms. The molecule has 102 valence electrons. The van der Waals surface area contributed by atoms with Gasteiger partial charge in [-0.1, -0.05) is 55.6 Å². The zero-order valence-electron chi connectivity index (χ0n) is 10.5. The number of hydrogen-bond donors (Lipinski definition) is 0. The summed E-state index contributed by atoms with van der Waals surface area (Å²) in [4.78, 5) is 4.21. The summed E-state index contributed by atoms with van der Waals surface area (Å²) < 4.78 is 2.38. The SMILES string of the molecule is CC(C)(C)c1cc(Br)nn1-c1nc(Cl)c(Cl)cc1Cl. The van der Waals surface area contributed by atoms with Crippen molar-refractivity contribution in [2.24, 2.45) is 0 Å². The average molecular weight is 384 g/mol. The van der Waals surface area contributed by atoms with E-state index in [2.05, 4.69) is 46.8 Å². The molecular weight excluding hydrogens is 372 g/mol. The van der Waals surface area contributed by atoms with E-state index in [1.54, 1.807) is 10.7 Å². The molecule has 0 N–H and O–H groups in total. The Balaban J connectivity index is 2.69. The predicted molar refractivity (Wildman–Crippen MR) is 82.8 cm³/mol. The smallest absolute Gasteiger partial charge is 0.174 e. The Kier molecular flexibility index (Phi) is 4.17. The maximum Gasteiger partial charge on any atom is 0.174 e. The van der Waals surface area contributed by atoms with Crippen LogP contribution < -0.4 is 0 Å². The third-order valence-corrected chi connectivity index (χ3v) is 3.86. The van der Waals surface area contributed by atoms with Gasteiger partial charge in [-0.25, -0.2) is 9.67 Å². The Bertz CT molecular complexity index is 632. The van der Waals surface area contributed by atoms with Gasteiger partial charge in [0.1, 0.15) is 9.76 Å². The van der Waals surface area contributed by atoms with Crippen LogP contribution in [0, 0.1) is 0 Å². The molecule has 0 saturated carbocycles. The molecule has 2 heterocycles. The summed E-state index contributed by atoms with van der Waals surface area (Å²) in [6.07, 6.45) is 0. The average Bonchev–Trinajstić information content (AvgIpc) is 2.65. The molecule has 0 aliphatic carbocycles. The van der Waals surface area contributed by atoms with Gasteiger partial charge in [-0.2, -0.15) is 5.10 Å². The van der Waals surface area contributed by atoms with Crippen LogP contribution in [0.25, 0.3) is 5.82 Å². The van der Waals surface area contributed by atoms with Crippen LogP contribution >= 0.6 is 50.7 Å². The number of nitrogens with zero attached hydrogens (tertiary/aromatic N) is 3. The fourth-order valence-electron chi connectivity index (χ4n) is 1.63. The lowest BCUT2D eigenvalue weighted by Gasteiger charge is -2.20. The van der Waals surface area contributed by atoms with E-state index in [1.807, 2.05) is 6.07 Å². The lowest BCUT2D eigenvalue weighted by molar-refractivity contribution is 0.541. The molecule has 0 saturated heterocycles. The highest BCUT2D eigenvalue weighted by Gasteiger charge is 2.23. The molecule has 2 rings (SSSR count). The first kappa shape index (κ1) is 15.1. The molecule has 3 nitrogen and oxygen atoms in total. The van der Waals surface area contributed by atoms with E-state index in [9.17, 15) is 0 Å². The minimum absolute atomic E-state index is 0.115. The molecule has 0 atom stereocenters. The van der Waals surface area contributed by atoms with E-state index in [4.69, 9.17) is 34.8 Å². The number of halogens is 4. The first-order chi connectivity index (χ1) is 8.70. The standard InChI is InChI=1S/C12H11BrCl3N3/c1-12(2,3)8-5-9(13)18-19(8)11-7(15)4-6(14)10(16)17-11/h4-5H,1-3H3. The Morgan fingerprint density at radius 1 is 1.11 bits per heavy atom. The Labute approximate surface area is 135 Å². The fraction of sp³-hybridized carbons (Fsp3) is 0.333. The van der Waals surface area contributed by atoms with E-state index in [1.165, 1.54) is 0 Å². The van der Waals surface area contributed by atoms with Gasteiger partial charge in [0.05, 0.1) is 15.7 Å². The van der Waals surface area contributed by atoms with Crippen molar-refractivity contribution in [2.45, 2.75) is 26.2 Å². The van der Waals surface area contributed by atoms with E-state index in [-0.39, 0.29) is 10.6 Å². The number of pyridine rings is 1. The lowest BCUT2D eigenvalue weighted by atomic mass is 9.92. The predicted octanol–water partition coefficient (Wildman–Crippen LogP) is 5.29. The summed E-state index contributed by atoms with van der Waals surface area (Å²) in [5.74, 6) is 0.465. The molecule has 2 aromatic heterocycles. The van der Waals surface area contributed by atoms with Gasteiger partial charge in [-0.3, -0.25) is 0 Å². The topological polar surface area (TPSA) is 30.7 Å². The summed E-state index contributed by atoms with van der Waals surface area (Å²) in [5.41, 5.74) is 0.850. The fourth-order valence-corrected chi connectivity index (χ4v) is 2.58. The zero-order chi connectivity index (χ0) is 14.4. The van der Waals surface area contributed by atoms with Gasteiger partial charge in [-0.05, 0) is 28.1 Å². The molecule has 0 radical (unpaired) electrons.